The number of aromatic nitrogens is 4. The monoisotopic (exact) mass is 367 g/mol. The van der Waals surface area contributed by atoms with E-state index in [1.165, 1.54) is 9.25 Å². The van der Waals surface area contributed by atoms with E-state index in [0.29, 0.717) is 28.6 Å². The Morgan fingerprint density at radius 1 is 1.22 bits per heavy atom. The van der Waals surface area contributed by atoms with Crippen LogP contribution in [-0.2, 0) is 13.6 Å². The predicted molar refractivity (Wildman–Crippen MR) is 95.6 cm³/mol. The Labute approximate surface area is 154 Å². The Bertz CT molecular complexity index is 1040. The summed E-state index contributed by atoms with van der Waals surface area (Å²) in [6.45, 7) is 0.656. The van der Waals surface area contributed by atoms with Crippen molar-refractivity contribution in [2.45, 2.75) is 6.54 Å². The van der Waals surface area contributed by atoms with Gasteiger partial charge in [0.2, 0.25) is 6.79 Å². The van der Waals surface area contributed by atoms with Gasteiger partial charge in [0.1, 0.15) is 5.69 Å². The van der Waals surface area contributed by atoms with E-state index in [-0.39, 0.29) is 31.5 Å². The number of benzene rings is 1. The molecule has 0 atom stereocenters. The standard InChI is InChI=1S/C18H17N5O4/c1-22-16(13-4-2-3-7-19-13)21-23(18(22)25)9-8-20-17(24)12-5-6-14-15(10-12)27-11-26-14/h2-7,10H,8-9,11H2,1H3,(H,20,24). The molecule has 0 saturated carbocycles. The summed E-state index contributed by atoms with van der Waals surface area (Å²) in [6, 6.07) is 10.4. The minimum atomic E-state index is -0.270. The van der Waals surface area contributed by atoms with Gasteiger partial charge in [0.05, 0.1) is 6.54 Å². The maximum absolute atomic E-state index is 12.3. The fourth-order valence-corrected chi connectivity index (χ4v) is 2.77. The molecule has 0 unspecified atom stereocenters. The van der Waals surface area contributed by atoms with Crippen molar-refractivity contribution in [1.29, 1.82) is 0 Å². The summed E-state index contributed by atoms with van der Waals surface area (Å²) >= 11 is 0. The number of nitrogens with zero attached hydrogens (tertiary/aromatic N) is 4. The van der Waals surface area contributed by atoms with Crippen LogP contribution in [0, 0.1) is 0 Å². The summed E-state index contributed by atoms with van der Waals surface area (Å²) in [5.74, 6) is 1.38. The van der Waals surface area contributed by atoms with Gasteiger partial charge in [-0.3, -0.25) is 14.3 Å². The number of amides is 1. The van der Waals surface area contributed by atoms with Crippen LogP contribution in [0.3, 0.4) is 0 Å². The Hall–Kier alpha value is -3.62. The number of ether oxygens (including phenoxy) is 2. The first-order valence-corrected chi connectivity index (χ1v) is 8.36. The minimum absolute atomic E-state index is 0.154. The van der Waals surface area contributed by atoms with Gasteiger partial charge in [0, 0.05) is 25.4 Å². The van der Waals surface area contributed by atoms with E-state index in [1.807, 2.05) is 6.07 Å². The van der Waals surface area contributed by atoms with E-state index in [4.69, 9.17) is 9.47 Å². The van der Waals surface area contributed by atoms with Crippen molar-refractivity contribution in [1.82, 2.24) is 24.6 Å². The summed E-state index contributed by atoms with van der Waals surface area (Å²) in [6.07, 6.45) is 1.64. The molecular formula is C18H17N5O4. The van der Waals surface area contributed by atoms with Crippen molar-refractivity contribution in [2.75, 3.05) is 13.3 Å². The zero-order chi connectivity index (χ0) is 18.8. The first-order valence-electron chi connectivity index (χ1n) is 8.36. The number of nitrogens with one attached hydrogen (secondary N) is 1. The van der Waals surface area contributed by atoms with Gasteiger partial charge in [-0.15, -0.1) is 5.10 Å². The number of fused-ring (bicyclic) bond motifs is 1. The van der Waals surface area contributed by atoms with Crippen molar-refractivity contribution < 1.29 is 14.3 Å². The molecule has 0 spiro atoms. The van der Waals surface area contributed by atoms with Crippen LogP contribution in [0.4, 0.5) is 0 Å². The molecule has 0 radical (unpaired) electrons. The summed E-state index contributed by atoms with van der Waals surface area (Å²) in [5.41, 5.74) is 0.801. The molecule has 27 heavy (non-hydrogen) atoms. The molecule has 1 N–H and O–H groups in total. The van der Waals surface area contributed by atoms with Gasteiger partial charge in [0.25, 0.3) is 5.91 Å². The first-order chi connectivity index (χ1) is 13.1. The van der Waals surface area contributed by atoms with Crippen molar-refractivity contribution >= 4 is 5.91 Å². The summed E-state index contributed by atoms with van der Waals surface area (Å²) in [7, 11) is 1.64. The van der Waals surface area contributed by atoms with E-state index in [0.717, 1.165) is 0 Å². The lowest BCUT2D eigenvalue weighted by molar-refractivity contribution is 0.0951. The van der Waals surface area contributed by atoms with Crippen LogP contribution in [0.5, 0.6) is 11.5 Å². The molecule has 4 rings (SSSR count). The van der Waals surface area contributed by atoms with E-state index in [2.05, 4.69) is 15.4 Å². The lowest BCUT2D eigenvalue weighted by Crippen LogP contribution is -2.31. The second-order valence-corrected chi connectivity index (χ2v) is 5.93. The highest BCUT2D eigenvalue weighted by atomic mass is 16.7. The second-order valence-electron chi connectivity index (χ2n) is 5.93. The largest absolute Gasteiger partial charge is 0.454 e. The Morgan fingerprint density at radius 3 is 2.89 bits per heavy atom. The molecule has 0 saturated heterocycles. The third kappa shape index (κ3) is 3.26. The van der Waals surface area contributed by atoms with Crippen molar-refractivity contribution in [3.63, 3.8) is 0 Å². The molecule has 3 aromatic rings. The first kappa shape index (κ1) is 16.8. The SMILES string of the molecule is Cn1c(-c2ccccn2)nn(CCNC(=O)c2ccc3c(c2)OCO3)c1=O. The maximum atomic E-state index is 12.3. The third-order valence-electron chi connectivity index (χ3n) is 4.18. The second kappa shape index (κ2) is 6.94. The molecule has 0 fully saturated rings. The molecule has 1 aliphatic heterocycles. The van der Waals surface area contributed by atoms with Crippen LogP contribution in [0.25, 0.3) is 11.5 Å². The number of hydrogen-bond acceptors (Lipinski definition) is 6. The van der Waals surface area contributed by atoms with Gasteiger partial charge in [-0.2, -0.15) is 0 Å². The van der Waals surface area contributed by atoms with E-state index in [1.54, 1.807) is 43.6 Å². The number of hydrogen-bond donors (Lipinski definition) is 1. The highest BCUT2D eigenvalue weighted by molar-refractivity contribution is 5.94. The zero-order valence-corrected chi connectivity index (χ0v) is 14.6. The average Bonchev–Trinajstić information content (AvgIpc) is 3.28. The molecule has 1 amide bonds. The van der Waals surface area contributed by atoms with Gasteiger partial charge in [-0.1, -0.05) is 6.07 Å². The Kier molecular flexibility index (Phi) is 4.33. The molecule has 9 heteroatoms. The van der Waals surface area contributed by atoms with Crippen molar-refractivity contribution in [3.05, 3.63) is 58.6 Å². The van der Waals surface area contributed by atoms with Crippen LogP contribution in [0.2, 0.25) is 0 Å². The quantitative estimate of drug-likeness (QED) is 0.716. The fourth-order valence-electron chi connectivity index (χ4n) is 2.77. The smallest absolute Gasteiger partial charge is 0.346 e. The highest BCUT2D eigenvalue weighted by Gasteiger charge is 2.17. The van der Waals surface area contributed by atoms with Crippen molar-refractivity contribution in [2.24, 2.45) is 7.05 Å². The molecule has 3 heterocycles. The maximum Gasteiger partial charge on any atom is 0.346 e. The van der Waals surface area contributed by atoms with Gasteiger partial charge in [0.15, 0.2) is 17.3 Å². The topological polar surface area (TPSA) is 100 Å². The van der Waals surface area contributed by atoms with E-state index in [9.17, 15) is 9.59 Å². The lowest BCUT2D eigenvalue weighted by Gasteiger charge is -2.05. The zero-order valence-electron chi connectivity index (χ0n) is 14.6. The normalized spacial score (nSPS) is 12.2. The summed E-state index contributed by atoms with van der Waals surface area (Å²) in [5, 5.41) is 7.09. The van der Waals surface area contributed by atoms with Crippen LogP contribution in [0.1, 0.15) is 10.4 Å². The molecule has 0 bridgehead atoms. The van der Waals surface area contributed by atoms with Crippen LogP contribution in [0.15, 0.2) is 47.4 Å². The average molecular weight is 367 g/mol. The van der Waals surface area contributed by atoms with Crippen LogP contribution >= 0.6 is 0 Å². The summed E-state index contributed by atoms with van der Waals surface area (Å²) < 4.78 is 13.2. The fraction of sp³-hybridized carbons (Fsp3) is 0.222. The van der Waals surface area contributed by atoms with Crippen LogP contribution < -0.4 is 20.5 Å². The van der Waals surface area contributed by atoms with E-state index < -0.39 is 0 Å². The van der Waals surface area contributed by atoms with Gasteiger partial charge >= 0.3 is 5.69 Å². The number of rotatable bonds is 5. The molecule has 138 valence electrons. The number of carbonyl (C=O) groups is 1. The van der Waals surface area contributed by atoms with Gasteiger partial charge in [-0.05, 0) is 30.3 Å². The van der Waals surface area contributed by atoms with Crippen LogP contribution in [-0.4, -0.2) is 38.6 Å². The van der Waals surface area contributed by atoms with E-state index >= 15 is 0 Å². The number of carbonyl (C=O) groups excluding carboxylic acids is 1. The molecule has 1 aromatic carbocycles. The Balaban J connectivity index is 1.42. The van der Waals surface area contributed by atoms with Crippen molar-refractivity contribution in [3.8, 4) is 23.0 Å². The highest BCUT2D eigenvalue weighted by Crippen LogP contribution is 2.32. The summed E-state index contributed by atoms with van der Waals surface area (Å²) in [4.78, 5) is 28.8. The minimum Gasteiger partial charge on any atom is -0.454 e. The molecule has 2 aromatic heterocycles. The molecule has 0 aliphatic carbocycles. The Morgan fingerprint density at radius 2 is 2.07 bits per heavy atom. The molecular weight excluding hydrogens is 350 g/mol. The molecule has 1 aliphatic rings. The number of pyridine rings is 1. The van der Waals surface area contributed by atoms with Gasteiger partial charge < -0.3 is 14.8 Å². The third-order valence-corrected chi connectivity index (χ3v) is 4.18. The predicted octanol–water partition coefficient (Wildman–Crippen LogP) is 0.802. The lowest BCUT2D eigenvalue weighted by atomic mass is 10.2. The molecule has 9 nitrogen and oxygen atoms in total. The van der Waals surface area contributed by atoms with Gasteiger partial charge in [-0.25, -0.2) is 9.48 Å².